The van der Waals surface area contributed by atoms with E-state index in [-0.39, 0.29) is 17.9 Å². The summed E-state index contributed by atoms with van der Waals surface area (Å²) in [5.74, 6) is 0.426. The summed E-state index contributed by atoms with van der Waals surface area (Å²) >= 11 is 0. The molecule has 0 spiro atoms. The van der Waals surface area contributed by atoms with Crippen LogP contribution in [-0.2, 0) is 19.5 Å². The number of fused-ring (bicyclic) bond motifs is 1. The molecule has 1 aliphatic heterocycles. The first-order chi connectivity index (χ1) is 14.5. The van der Waals surface area contributed by atoms with Crippen molar-refractivity contribution >= 4 is 11.8 Å². The number of aryl methyl sites for hydroxylation is 1. The molecule has 4 rings (SSSR count). The molecule has 0 aliphatic carbocycles. The standard InChI is InChI=1S/C23H24N4O3/c1-15-10-18(30-2)8-9-19(15)23(29)26-17-11-21-20(13-25-27(21)14-17)22(28)24-12-16-6-4-3-5-7-16/h3-10,13,17H,11-12,14H2,1-2H3,(H,24,28)(H,26,29). The van der Waals surface area contributed by atoms with Crippen LogP contribution in [0, 0.1) is 6.92 Å². The number of hydrogen-bond acceptors (Lipinski definition) is 4. The SMILES string of the molecule is COc1ccc(C(=O)NC2Cc3c(C(=O)NCc4ccccc4)cnn3C2)c(C)c1. The number of amides is 2. The number of rotatable bonds is 6. The largest absolute Gasteiger partial charge is 0.497 e. The van der Waals surface area contributed by atoms with Crippen molar-refractivity contribution in [3.8, 4) is 5.75 Å². The van der Waals surface area contributed by atoms with Crippen LogP contribution in [0.1, 0.15) is 37.5 Å². The Labute approximate surface area is 175 Å². The topological polar surface area (TPSA) is 85.2 Å². The van der Waals surface area contributed by atoms with E-state index in [1.165, 1.54) is 0 Å². The molecule has 0 bridgehead atoms. The number of hydrogen-bond donors (Lipinski definition) is 2. The molecule has 7 heteroatoms. The van der Waals surface area contributed by atoms with Gasteiger partial charge in [0, 0.05) is 18.5 Å². The molecule has 0 radical (unpaired) electrons. The van der Waals surface area contributed by atoms with Crippen molar-refractivity contribution in [2.45, 2.75) is 32.5 Å². The van der Waals surface area contributed by atoms with Crippen molar-refractivity contribution in [3.63, 3.8) is 0 Å². The molecule has 1 unspecified atom stereocenters. The zero-order valence-corrected chi connectivity index (χ0v) is 17.0. The second-order valence-corrected chi connectivity index (χ2v) is 7.41. The van der Waals surface area contributed by atoms with Gasteiger partial charge in [0.25, 0.3) is 11.8 Å². The quantitative estimate of drug-likeness (QED) is 0.661. The molecule has 2 aromatic carbocycles. The minimum absolute atomic E-state index is 0.108. The molecule has 2 N–H and O–H groups in total. The van der Waals surface area contributed by atoms with Crippen LogP contribution in [-0.4, -0.2) is 34.7 Å². The van der Waals surface area contributed by atoms with Crippen LogP contribution >= 0.6 is 0 Å². The summed E-state index contributed by atoms with van der Waals surface area (Å²) in [6.45, 7) is 2.88. The van der Waals surface area contributed by atoms with Crippen molar-refractivity contribution in [3.05, 3.63) is 82.7 Å². The van der Waals surface area contributed by atoms with Gasteiger partial charge in [-0.2, -0.15) is 5.10 Å². The van der Waals surface area contributed by atoms with Crippen molar-refractivity contribution < 1.29 is 14.3 Å². The minimum atomic E-state index is -0.155. The summed E-state index contributed by atoms with van der Waals surface area (Å²) in [5.41, 5.74) is 3.90. The van der Waals surface area contributed by atoms with Gasteiger partial charge in [0.1, 0.15) is 5.75 Å². The van der Waals surface area contributed by atoms with E-state index in [0.717, 1.165) is 22.6 Å². The maximum absolute atomic E-state index is 12.7. The lowest BCUT2D eigenvalue weighted by Crippen LogP contribution is -2.36. The highest BCUT2D eigenvalue weighted by atomic mass is 16.5. The first-order valence-electron chi connectivity index (χ1n) is 9.87. The maximum atomic E-state index is 12.7. The smallest absolute Gasteiger partial charge is 0.255 e. The Bertz CT molecular complexity index is 1080. The lowest BCUT2D eigenvalue weighted by molar-refractivity contribution is 0.0934. The third kappa shape index (κ3) is 4.05. The van der Waals surface area contributed by atoms with Gasteiger partial charge in [0.2, 0.25) is 0 Å². The van der Waals surface area contributed by atoms with E-state index >= 15 is 0 Å². The third-order valence-corrected chi connectivity index (χ3v) is 5.34. The summed E-state index contributed by atoms with van der Waals surface area (Å²) in [4.78, 5) is 25.3. The van der Waals surface area contributed by atoms with Gasteiger partial charge in [0.05, 0.1) is 37.2 Å². The number of nitrogens with zero attached hydrogens (tertiary/aromatic N) is 2. The molecule has 7 nitrogen and oxygen atoms in total. The molecule has 1 aromatic heterocycles. The second-order valence-electron chi connectivity index (χ2n) is 7.41. The summed E-state index contributed by atoms with van der Waals surface area (Å²) in [7, 11) is 1.60. The fourth-order valence-electron chi connectivity index (χ4n) is 3.73. The van der Waals surface area contributed by atoms with Gasteiger partial charge in [-0.1, -0.05) is 30.3 Å². The average Bonchev–Trinajstić information content (AvgIpc) is 3.32. The van der Waals surface area contributed by atoms with E-state index in [2.05, 4.69) is 15.7 Å². The summed E-state index contributed by atoms with van der Waals surface area (Å²) in [6, 6.07) is 15.0. The highest BCUT2D eigenvalue weighted by Crippen LogP contribution is 2.21. The molecule has 154 valence electrons. The van der Waals surface area contributed by atoms with Crippen LogP contribution in [0.3, 0.4) is 0 Å². The first-order valence-corrected chi connectivity index (χ1v) is 9.87. The second kappa shape index (κ2) is 8.41. The monoisotopic (exact) mass is 404 g/mol. The van der Waals surface area contributed by atoms with Crippen molar-refractivity contribution in [2.24, 2.45) is 0 Å². The molecule has 3 aromatic rings. The minimum Gasteiger partial charge on any atom is -0.497 e. The van der Waals surface area contributed by atoms with Gasteiger partial charge < -0.3 is 15.4 Å². The Kier molecular flexibility index (Phi) is 5.52. The third-order valence-electron chi connectivity index (χ3n) is 5.34. The summed E-state index contributed by atoms with van der Waals surface area (Å²) in [5, 5.41) is 10.3. The Morgan fingerprint density at radius 1 is 1.13 bits per heavy atom. The zero-order chi connectivity index (χ0) is 21.1. The number of carbonyl (C=O) groups excluding carboxylic acids is 2. The average molecular weight is 404 g/mol. The number of ether oxygens (including phenoxy) is 1. The van der Waals surface area contributed by atoms with E-state index < -0.39 is 0 Å². The molecule has 1 aliphatic rings. The van der Waals surface area contributed by atoms with Crippen LogP contribution in [0.15, 0.2) is 54.7 Å². The molecule has 1 atom stereocenters. The molecule has 0 fully saturated rings. The molecule has 0 saturated heterocycles. The molecule has 2 amide bonds. The Hall–Kier alpha value is -3.61. The number of carbonyl (C=O) groups is 2. The van der Waals surface area contributed by atoms with Gasteiger partial charge >= 0.3 is 0 Å². The highest BCUT2D eigenvalue weighted by molar-refractivity contribution is 5.96. The van der Waals surface area contributed by atoms with Crippen LogP contribution < -0.4 is 15.4 Å². The Morgan fingerprint density at radius 2 is 1.93 bits per heavy atom. The fraction of sp³-hybridized carbons (Fsp3) is 0.261. The van der Waals surface area contributed by atoms with Crippen LogP contribution in [0.5, 0.6) is 5.75 Å². The van der Waals surface area contributed by atoms with Crippen molar-refractivity contribution in [1.82, 2.24) is 20.4 Å². The fourth-order valence-corrected chi connectivity index (χ4v) is 3.73. The molecular formula is C23H24N4O3. The van der Waals surface area contributed by atoms with Gasteiger partial charge in [0.15, 0.2) is 0 Å². The molecule has 30 heavy (non-hydrogen) atoms. The molecule has 2 heterocycles. The summed E-state index contributed by atoms with van der Waals surface area (Å²) < 4.78 is 6.99. The van der Waals surface area contributed by atoms with Gasteiger partial charge in [-0.05, 0) is 36.2 Å². The molecular weight excluding hydrogens is 380 g/mol. The number of nitrogens with one attached hydrogen (secondary N) is 2. The first kappa shape index (κ1) is 19.7. The lowest BCUT2D eigenvalue weighted by atomic mass is 10.1. The normalized spacial score (nSPS) is 14.8. The number of methoxy groups -OCH3 is 1. The Morgan fingerprint density at radius 3 is 2.67 bits per heavy atom. The summed E-state index contributed by atoms with van der Waals surface area (Å²) in [6.07, 6.45) is 2.16. The van der Waals surface area contributed by atoms with Crippen molar-refractivity contribution in [1.29, 1.82) is 0 Å². The van der Waals surface area contributed by atoms with E-state index in [0.29, 0.717) is 30.6 Å². The highest BCUT2D eigenvalue weighted by Gasteiger charge is 2.29. The zero-order valence-electron chi connectivity index (χ0n) is 17.0. The van der Waals surface area contributed by atoms with Gasteiger partial charge in [-0.15, -0.1) is 0 Å². The maximum Gasteiger partial charge on any atom is 0.255 e. The number of aromatic nitrogens is 2. The van der Waals surface area contributed by atoms with E-state index in [1.54, 1.807) is 30.1 Å². The van der Waals surface area contributed by atoms with Gasteiger partial charge in [-0.25, -0.2) is 0 Å². The van der Waals surface area contributed by atoms with Crippen LogP contribution in [0.2, 0.25) is 0 Å². The van der Waals surface area contributed by atoms with E-state index in [9.17, 15) is 9.59 Å². The van der Waals surface area contributed by atoms with E-state index in [4.69, 9.17) is 4.74 Å². The molecule has 0 saturated carbocycles. The predicted octanol–water partition coefficient (Wildman–Crippen LogP) is 2.48. The predicted molar refractivity (Wildman–Crippen MR) is 113 cm³/mol. The Balaban J connectivity index is 1.39. The van der Waals surface area contributed by atoms with E-state index in [1.807, 2.05) is 43.3 Å². The van der Waals surface area contributed by atoms with Gasteiger partial charge in [-0.3, -0.25) is 14.3 Å². The van der Waals surface area contributed by atoms with Crippen LogP contribution in [0.4, 0.5) is 0 Å². The van der Waals surface area contributed by atoms with Crippen LogP contribution in [0.25, 0.3) is 0 Å². The number of benzene rings is 2. The lowest BCUT2D eigenvalue weighted by Gasteiger charge is -2.14. The van der Waals surface area contributed by atoms with Crippen molar-refractivity contribution in [2.75, 3.05) is 7.11 Å².